The number of rotatable bonds is 5. The summed E-state index contributed by atoms with van der Waals surface area (Å²) < 4.78 is 5.62. The van der Waals surface area contributed by atoms with E-state index in [4.69, 9.17) is 4.74 Å². The van der Waals surface area contributed by atoms with Crippen molar-refractivity contribution in [3.63, 3.8) is 0 Å². The van der Waals surface area contributed by atoms with Gasteiger partial charge in [0.25, 0.3) is 11.1 Å². The van der Waals surface area contributed by atoms with Crippen LogP contribution in [0.15, 0.2) is 29.2 Å². The minimum absolute atomic E-state index is 0.120. The maximum absolute atomic E-state index is 12.2. The lowest BCUT2D eigenvalue weighted by molar-refractivity contribution is -0.123. The maximum atomic E-state index is 12.2. The Morgan fingerprint density at radius 1 is 1.14 bits per heavy atom. The molecule has 118 valence electrons. The first-order valence-electron chi connectivity index (χ1n) is 7.38. The molecule has 0 N–H and O–H groups in total. The van der Waals surface area contributed by atoms with Gasteiger partial charge >= 0.3 is 0 Å². The van der Waals surface area contributed by atoms with Gasteiger partial charge in [-0.3, -0.25) is 14.5 Å². The number of thioether (sulfide) groups is 1. The fourth-order valence-electron chi connectivity index (χ4n) is 2.00. The molecule has 1 aromatic carbocycles. The third-order valence-corrected chi connectivity index (χ3v) is 3.98. The second-order valence-electron chi connectivity index (χ2n) is 5.92. The summed E-state index contributed by atoms with van der Waals surface area (Å²) in [6.07, 6.45) is 1.75. The number of ether oxygens (including phenoxy) is 1. The van der Waals surface area contributed by atoms with Crippen molar-refractivity contribution in [2.24, 2.45) is 5.92 Å². The van der Waals surface area contributed by atoms with Gasteiger partial charge in [-0.05, 0) is 55.3 Å². The van der Waals surface area contributed by atoms with Crippen LogP contribution in [-0.4, -0.2) is 28.7 Å². The number of carbonyl (C=O) groups is 2. The van der Waals surface area contributed by atoms with Crippen LogP contribution in [0.1, 0.15) is 33.3 Å². The van der Waals surface area contributed by atoms with Crippen LogP contribution in [0.5, 0.6) is 5.75 Å². The SMILES string of the molecule is CC(C)COc1ccc(/C=C2/SC(=O)N(C(C)C)C2=O)cc1. The zero-order valence-corrected chi connectivity index (χ0v) is 14.1. The van der Waals surface area contributed by atoms with E-state index in [1.807, 2.05) is 38.1 Å². The van der Waals surface area contributed by atoms with E-state index in [1.165, 1.54) is 4.90 Å². The summed E-state index contributed by atoms with van der Waals surface area (Å²) in [5.41, 5.74) is 0.881. The molecule has 0 atom stereocenters. The Labute approximate surface area is 135 Å². The van der Waals surface area contributed by atoms with E-state index in [0.717, 1.165) is 23.1 Å². The number of amides is 2. The molecule has 0 unspecified atom stereocenters. The molecule has 0 spiro atoms. The zero-order valence-electron chi connectivity index (χ0n) is 13.3. The first kappa shape index (κ1) is 16.6. The molecule has 0 bridgehead atoms. The van der Waals surface area contributed by atoms with Crippen molar-refractivity contribution in [3.8, 4) is 5.75 Å². The van der Waals surface area contributed by atoms with Crippen LogP contribution in [0, 0.1) is 5.92 Å². The fraction of sp³-hybridized carbons (Fsp3) is 0.412. The molecule has 1 saturated heterocycles. The van der Waals surface area contributed by atoms with Gasteiger partial charge < -0.3 is 4.74 Å². The molecule has 2 amide bonds. The van der Waals surface area contributed by atoms with Gasteiger partial charge in [-0.25, -0.2) is 0 Å². The number of nitrogens with zero attached hydrogens (tertiary/aromatic N) is 1. The fourth-order valence-corrected chi connectivity index (χ4v) is 2.96. The summed E-state index contributed by atoms with van der Waals surface area (Å²) in [6.45, 7) is 8.53. The highest BCUT2D eigenvalue weighted by Crippen LogP contribution is 2.33. The van der Waals surface area contributed by atoms with Crippen LogP contribution in [0.4, 0.5) is 4.79 Å². The predicted molar refractivity (Wildman–Crippen MR) is 89.7 cm³/mol. The summed E-state index contributed by atoms with van der Waals surface area (Å²) in [6, 6.07) is 7.41. The highest BCUT2D eigenvalue weighted by Gasteiger charge is 2.36. The number of hydrogen-bond acceptors (Lipinski definition) is 4. The highest BCUT2D eigenvalue weighted by molar-refractivity contribution is 8.18. The minimum atomic E-state index is -0.217. The van der Waals surface area contributed by atoms with Crippen LogP contribution in [-0.2, 0) is 4.79 Å². The zero-order chi connectivity index (χ0) is 16.3. The molecule has 0 aliphatic carbocycles. The van der Waals surface area contributed by atoms with Crippen molar-refractivity contribution in [2.45, 2.75) is 33.7 Å². The van der Waals surface area contributed by atoms with E-state index in [0.29, 0.717) is 17.4 Å². The third-order valence-electron chi connectivity index (χ3n) is 3.10. The smallest absolute Gasteiger partial charge is 0.293 e. The minimum Gasteiger partial charge on any atom is -0.493 e. The molecule has 1 fully saturated rings. The van der Waals surface area contributed by atoms with Crippen molar-refractivity contribution in [3.05, 3.63) is 34.7 Å². The van der Waals surface area contributed by atoms with Crippen molar-refractivity contribution in [2.75, 3.05) is 6.61 Å². The second-order valence-corrected chi connectivity index (χ2v) is 6.91. The number of carbonyl (C=O) groups excluding carboxylic acids is 2. The summed E-state index contributed by atoms with van der Waals surface area (Å²) >= 11 is 0.991. The summed E-state index contributed by atoms with van der Waals surface area (Å²) in [7, 11) is 0. The quantitative estimate of drug-likeness (QED) is 0.764. The number of benzene rings is 1. The lowest BCUT2D eigenvalue weighted by Crippen LogP contribution is -2.34. The summed E-state index contributed by atoms with van der Waals surface area (Å²) in [4.78, 5) is 25.8. The topological polar surface area (TPSA) is 46.6 Å². The molecular formula is C17H21NO3S. The molecular weight excluding hydrogens is 298 g/mol. The number of hydrogen-bond donors (Lipinski definition) is 0. The largest absolute Gasteiger partial charge is 0.493 e. The lowest BCUT2D eigenvalue weighted by atomic mass is 10.2. The normalized spacial score (nSPS) is 17.2. The molecule has 1 aliphatic heterocycles. The van der Waals surface area contributed by atoms with Gasteiger partial charge in [-0.1, -0.05) is 26.0 Å². The van der Waals surface area contributed by atoms with Gasteiger partial charge in [0.2, 0.25) is 0 Å². The van der Waals surface area contributed by atoms with Crippen LogP contribution in [0.25, 0.3) is 6.08 Å². The molecule has 5 heteroatoms. The van der Waals surface area contributed by atoms with E-state index < -0.39 is 0 Å². The van der Waals surface area contributed by atoms with Gasteiger partial charge in [0.15, 0.2) is 0 Å². The van der Waals surface area contributed by atoms with Crippen LogP contribution >= 0.6 is 11.8 Å². The Morgan fingerprint density at radius 3 is 2.27 bits per heavy atom. The second kappa shape index (κ2) is 7.01. The van der Waals surface area contributed by atoms with Gasteiger partial charge in [0.1, 0.15) is 5.75 Å². The molecule has 22 heavy (non-hydrogen) atoms. The van der Waals surface area contributed by atoms with E-state index in [1.54, 1.807) is 6.08 Å². The molecule has 4 nitrogen and oxygen atoms in total. The van der Waals surface area contributed by atoms with Crippen LogP contribution in [0.2, 0.25) is 0 Å². The Balaban J connectivity index is 2.10. The molecule has 1 aromatic rings. The molecule has 2 rings (SSSR count). The number of imide groups is 1. The Bertz CT molecular complexity index is 590. The van der Waals surface area contributed by atoms with E-state index in [-0.39, 0.29) is 17.2 Å². The van der Waals surface area contributed by atoms with Gasteiger partial charge in [-0.2, -0.15) is 0 Å². The van der Waals surface area contributed by atoms with Crippen molar-refractivity contribution in [1.29, 1.82) is 0 Å². The van der Waals surface area contributed by atoms with Crippen LogP contribution in [0.3, 0.4) is 0 Å². The monoisotopic (exact) mass is 319 g/mol. The predicted octanol–water partition coefficient (Wildman–Crippen LogP) is 4.17. The summed E-state index contributed by atoms with van der Waals surface area (Å²) in [5.74, 6) is 1.06. The van der Waals surface area contributed by atoms with Crippen LogP contribution < -0.4 is 4.74 Å². The molecule has 0 radical (unpaired) electrons. The average Bonchev–Trinajstić information content (AvgIpc) is 2.72. The van der Waals surface area contributed by atoms with E-state index >= 15 is 0 Å². The molecule has 0 saturated carbocycles. The van der Waals surface area contributed by atoms with E-state index in [2.05, 4.69) is 13.8 Å². The maximum Gasteiger partial charge on any atom is 0.293 e. The molecule has 0 aromatic heterocycles. The third kappa shape index (κ3) is 3.91. The van der Waals surface area contributed by atoms with Gasteiger partial charge in [-0.15, -0.1) is 0 Å². The van der Waals surface area contributed by atoms with Gasteiger partial charge in [0, 0.05) is 6.04 Å². The lowest BCUT2D eigenvalue weighted by Gasteiger charge is -2.16. The van der Waals surface area contributed by atoms with Crippen molar-refractivity contribution >= 4 is 29.0 Å². The van der Waals surface area contributed by atoms with E-state index in [9.17, 15) is 9.59 Å². The van der Waals surface area contributed by atoms with Crippen molar-refractivity contribution in [1.82, 2.24) is 4.90 Å². The van der Waals surface area contributed by atoms with Gasteiger partial charge in [0.05, 0.1) is 11.5 Å². The standard InChI is InChI=1S/C17H21NO3S/c1-11(2)10-21-14-7-5-13(6-8-14)9-15-16(19)18(12(3)4)17(20)22-15/h5-9,11-12H,10H2,1-4H3/b15-9+. The molecule has 1 heterocycles. The first-order valence-corrected chi connectivity index (χ1v) is 8.20. The Morgan fingerprint density at radius 2 is 1.77 bits per heavy atom. The Kier molecular flexibility index (Phi) is 5.29. The average molecular weight is 319 g/mol. The Hall–Kier alpha value is -1.75. The first-order chi connectivity index (χ1) is 10.4. The highest BCUT2D eigenvalue weighted by atomic mass is 32.2. The van der Waals surface area contributed by atoms with Crippen molar-refractivity contribution < 1.29 is 14.3 Å². The summed E-state index contributed by atoms with van der Waals surface area (Å²) in [5, 5.41) is -0.205. The molecule has 1 aliphatic rings.